The van der Waals surface area contributed by atoms with E-state index < -0.39 is 23.0 Å². The molecule has 2 aliphatic heterocycles. The molecule has 3 N–H and O–H groups in total. The maximum Gasteiger partial charge on any atom is 0.261 e. The highest BCUT2D eigenvalue weighted by molar-refractivity contribution is 6.30. The summed E-state index contributed by atoms with van der Waals surface area (Å²) in [5, 5.41) is 13.3. The molecule has 1 amide bonds. The molecule has 0 aliphatic carbocycles. The minimum absolute atomic E-state index is 0.0124. The lowest BCUT2D eigenvalue weighted by Gasteiger charge is -2.42. The van der Waals surface area contributed by atoms with Crippen LogP contribution in [0, 0.1) is 17.6 Å². The first kappa shape index (κ1) is 24.6. The van der Waals surface area contributed by atoms with Crippen LogP contribution in [-0.2, 0) is 5.41 Å². The Bertz CT molecular complexity index is 1320. The van der Waals surface area contributed by atoms with Gasteiger partial charge in [0.1, 0.15) is 11.6 Å². The molecule has 3 aromatic rings. The minimum atomic E-state index is -1.26. The number of anilines is 2. The fourth-order valence-corrected chi connectivity index (χ4v) is 5.19. The molecular formula is C26H29ClF2N6O. The van der Waals surface area contributed by atoms with E-state index in [1.807, 2.05) is 0 Å². The smallest absolute Gasteiger partial charge is 0.261 e. The van der Waals surface area contributed by atoms with Gasteiger partial charge in [0.25, 0.3) is 5.91 Å². The van der Waals surface area contributed by atoms with E-state index >= 15 is 8.78 Å². The van der Waals surface area contributed by atoms with Gasteiger partial charge in [-0.25, -0.2) is 13.8 Å². The van der Waals surface area contributed by atoms with Crippen molar-refractivity contribution in [3.8, 4) is 0 Å². The van der Waals surface area contributed by atoms with Crippen LogP contribution in [0.5, 0.6) is 0 Å². The SMILES string of the molecule is CC(C)C(C)c1cn[nH]c1N1C[C@](C)(c2cccc(Cl)c2F)c2c(cnc(NC3CNC3)c2F)C1=O. The summed E-state index contributed by atoms with van der Waals surface area (Å²) < 4.78 is 31.6. The van der Waals surface area contributed by atoms with Crippen LogP contribution < -0.4 is 15.5 Å². The third-order valence-electron chi connectivity index (χ3n) is 7.60. The van der Waals surface area contributed by atoms with E-state index in [1.165, 1.54) is 17.2 Å². The van der Waals surface area contributed by atoms with E-state index in [0.29, 0.717) is 24.8 Å². The molecular weight excluding hydrogens is 486 g/mol. The number of halogens is 3. The van der Waals surface area contributed by atoms with Crippen molar-refractivity contribution >= 4 is 29.1 Å². The standard InChI is InChI=1S/C26H29ClF2N6O/c1-13(2)14(3)16-11-32-34-24(16)35-12-26(4,18-6-5-7-19(27)21(18)28)20-17(25(35)36)10-31-23(22(20)29)33-15-8-30-9-15/h5-7,10-11,13-15,30H,8-9,12H2,1-4H3,(H,31,33)(H,32,34)/t14?,26-/m1/s1. The summed E-state index contributed by atoms with van der Waals surface area (Å²) in [4.78, 5) is 19.6. The maximum atomic E-state index is 16.2. The highest BCUT2D eigenvalue weighted by atomic mass is 35.5. The van der Waals surface area contributed by atoms with Crippen molar-refractivity contribution in [3.63, 3.8) is 0 Å². The van der Waals surface area contributed by atoms with Gasteiger partial charge in [-0.05, 0) is 24.8 Å². The van der Waals surface area contributed by atoms with Crippen molar-refractivity contribution < 1.29 is 13.6 Å². The molecule has 190 valence electrons. The van der Waals surface area contributed by atoms with Gasteiger partial charge in [0.15, 0.2) is 11.6 Å². The molecule has 1 fully saturated rings. The normalized spacial score (nSPS) is 20.9. The molecule has 36 heavy (non-hydrogen) atoms. The second-order valence-corrected chi connectivity index (χ2v) is 10.6. The average Bonchev–Trinajstić information content (AvgIpc) is 3.30. The fourth-order valence-electron chi connectivity index (χ4n) is 5.01. The van der Waals surface area contributed by atoms with Crippen LogP contribution in [0.4, 0.5) is 20.4 Å². The molecule has 1 aromatic carbocycles. The predicted octanol–water partition coefficient (Wildman–Crippen LogP) is 4.85. The van der Waals surface area contributed by atoms with Gasteiger partial charge >= 0.3 is 0 Å². The van der Waals surface area contributed by atoms with E-state index in [9.17, 15) is 4.79 Å². The zero-order chi connectivity index (χ0) is 25.8. The Morgan fingerprint density at radius 3 is 2.61 bits per heavy atom. The maximum absolute atomic E-state index is 16.2. The first-order valence-electron chi connectivity index (χ1n) is 12.1. The molecule has 0 saturated carbocycles. The molecule has 0 radical (unpaired) electrons. The monoisotopic (exact) mass is 514 g/mol. The largest absolute Gasteiger partial charge is 0.362 e. The van der Waals surface area contributed by atoms with Crippen LogP contribution in [0.2, 0.25) is 5.02 Å². The lowest BCUT2D eigenvalue weighted by Crippen LogP contribution is -2.52. The summed E-state index contributed by atoms with van der Waals surface area (Å²) >= 11 is 6.16. The van der Waals surface area contributed by atoms with Gasteiger partial charge in [0.05, 0.1) is 22.8 Å². The van der Waals surface area contributed by atoms with Gasteiger partial charge in [-0.2, -0.15) is 5.10 Å². The Labute approximate surface area is 213 Å². The van der Waals surface area contributed by atoms with E-state index in [0.717, 1.165) is 5.56 Å². The number of hydrogen-bond donors (Lipinski definition) is 3. The quantitative estimate of drug-likeness (QED) is 0.438. The molecule has 2 aromatic heterocycles. The number of benzene rings is 1. The van der Waals surface area contributed by atoms with Crippen LogP contribution >= 0.6 is 11.6 Å². The lowest BCUT2D eigenvalue weighted by atomic mass is 9.71. The van der Waals surface area contributed by atoms with E-state index in [2.05, 4.69) is 46.6 Å². The number of nitrogens with zero attached hydrogens (tertiary/aromatic N) is 3. The van der Waals surface area contributed by atoms with Crippen LogP contribution in [0.1, 0.15) is 60.7 Å². The summed E-state index contributed by atoms with van der Waals surface area (Å²) in [5.41, 5.74) is -0.0143. The molecule has 2 atom stereocenters. The van der Waals surface area contributed by atoms with Gasteiger partial charge in [0.2, 0.25) is 0 Å². The molecule has 10 heteroatoms. The predicted molar refractivity (Wildman–Crippen MR) is 136 cm³/mol. The van der Waals surface area contributed by atoms with Crippen molar-refractivity contribution in [2.75, 3.05) is 29.9 Å². The van der Waals surface area contributed by atoms with Crippen molar-refractivity contribution in [2.45, 2.75) is 45.1 Å². The van der Waals surface area contributed by atoms with Gasteiger partial charge < -0.3 is 10.6 Å². The number of pyridine rings is 1. The van der Waals surface area contributed by atoms with Crippen LogP contribution in [0.3, 0.4) is 0 Å². The Kier molecular flexibility index (Phi) is 6.24. The van der Waals surface area contributed by atoms with Crippen LogP contribution in [-0.4, -0.2) is 46.8 Å². The number of H-pyrrole nitrogens is 1. The first-order chi connectivity index (χ1) is 17.1. The number of amides is 1. The Balaban J connectivity index is 1.70. The molecule has 5 rings (SSSR count). The van der Waals surface area contributed by atoms with Crippen molar-refractivity contribution in [1.82, 2.24) is 20.5 Å². The topological polar surface area (TPSA) is 85.9 Å². The number of aromatic amines is 1. The number of rotatable bonds is 6. The van der Waals surface area contributed by atoms with Crippen LogP contribution in [0.15, 0.2) is 30.6 Å². The summed E-state index contributed by atoms with van der Waals surface area (Å²) in [6.07, 6.45) is 3.09. The van der Waals surface area contributed by atoms with Gasteiger partial charge in [-0.1, -0.05) is 44.5 Å². The highest BCUT2D eigenvalue weighted by Crippen LogP contribution is 2.45. The average molecular weight is 515 g/mol. The molecule has 4 heterocycles. The second-order valence-electron chi connectivity index (χ2n) is 10.2. The summed E-state index contributed by atoms with van der Waals surface area (Å²) in [5.74, 6) is -0.770. The summed E-state index contributed by atoms with van der Waals surface area (Å²) in [6, 6.07) is 4.70. The number of aromatic nitrogens is 3. The molecule has 2 aliphatic rings. The van der Waals surface area contributed by atoms with Crippen molar-refractivity contribution in [1.29, 1.82) is 0 Å². The highest BCUT2D eigenvalue weighted by Gasteiger charge is 2.47. The Morgan fingerprint density at radius 1 is 1.19 bits per heavy atom. The molecule has 1 saturated heterocycles. The second kappa shape index (κ2) is 9.12. The Hall–Kier alpha value is -3.04. The zero-order valence-electron chi connectivity index (χ0n) is 20.6. The summed E-state index contributed by atoms with van der Waals surface area (Å²) in [7, 11) is 0. The molecule has 1 unspecified atom stereocenters. The third kappa shape index (κ3) is 3.85. The number of carbonyl (C=O) groups excluding carboxylic acids is 1. The van der Waals surface area contributed by atoms with Gasteiger partial charge in [-0.15, -0.1) is 0 Å². The molecule has 0 bridgehead atoms. The first-order valence-corrected chi connectivity index (χ1v) is 12.5. The number of carbonyl (C=O) groups is 1. The summed E-state index contributed by atoms with van der Waals surface area (Å²) in [6.45, 7) is 9.33. The zero-order valence-corrected chi connectivity index (χ0v) is 21.4. The van der Waals surface area contributed by atoms with Crippen LogP contribution in [0.25, 0.3) is 0 Å². The van der Waals surface area contributed by atoms with Crippen molar-refractivity contribution in [3.05, 3.63) is 69.5 Å². The molecule has 7 nitrogen and oxygen atoms in total. The van der Waals surface area contributed by atoms with E-state index in [4.69, 9.17) is 11.6 Å². The van der Waals surface area contributed by atoms with Gasteiger partial charge in [-0.3, -0.25) is 14.8 Å². The van der Waals surface area contributed by atoms with Gasteiger partial charge in [0, 0.05) is 47.9 Å². The number of nitrogens with one attached hydrogen (secondary N) is 3. The minimum Gasteiger partial charge on any atom is -0.362 e. The van der Waals surface area contributed by atoms with E-state index in [1.54, 1.807) is 25.3 Å². The lowest BCUT2D eigenvalue weighted by molar-refractivity contribution is 0.0967. The Morgan fingerprint density at radius 2 is 1.94 bits per heavy atom. The van der Waals surface area contributed by atoms with E-state index in [-0.39, 0.29) is 46.0 Å². The molecule has 0 spiro atoms. The fraction of sp³-hybridized carbons (Fsp3) is 0.423. The third-order valence-corrected chi connectivity index (χ3v) is 7.89. The number of fused-ring (bicyclic) bond motifs is 1. The van der Waals surface area contributed by atoms with Crippen molar-refractivity contribution in [2.24, 2.45) is 5.92 Å². The number of hydrogen-bond acceptors (Lipinski definition) is 5.